The van der Waals surface area contributed by atoms with E-state index in [-0.39, 0.29) is 23.6 Å². The maximum Gasteiger partial charge on any atom is 0.253 e. The number of rotatable bonds is 8. The van der Waals surface area contributed by atoms with Gasteiger partial charge in [0.2, 0.25) is 5.91 Å². The summed E-state index contributed by atoms with van der Waals surface area (Å²) in [5, 5.41) is 15.0. The van der Waals surface area contributed by atoms with Crippen LogP contribution in [0.2, 0.25) is 0 Å². The third-order valence-corrected chi connectivity index (χ3v) is 6.26. The minimum absolute atomic E-state index is 0.149. The van der Waals surface area contributed by atoms with E-state index in [9.17, 15) is 9.59 Å². The van der Waals surface area contributed by atoms with Crippen LogP contribution in [0.15, 0.2) is 59.8 Å². The van der Waals surface area contributed by atoms with Gasteiger partial charge in [0.15, 0.2) is 5.16 Å². The van der Waals surface area contributed by atoms with Crippen LogP contribution in [-0.4, -0.2) is 32.3 Å². The number of thioether (sulfide) groups is 1. The summed E-state index contributed by atoms with van der Waals surface area (Å²) >= 11 is 1.34. The first-order valence-corrected chi connectivity index (χ1v) is 11.3. The average Bonchev–Trinajstić information content (AvgIpc) is 3.56. The Morgan fingerprint density at radius 3 is 2.55 bits per heavy atom. The largest absolute Gasteiger partial charge is 0.345 e. The Bertz CT molecular complexity index is 1080. The van der Waals surface area contributed by atoms with E-state index >= 15 is 0 Å². The molecule has 1 fully saturated rings. The van der Waals surface area contributed by atoms with Crippen molar-refractivity contribution in [1.29, 1.82) is 0 Å². The molecule has 8 heteroatoms. The Kier molecular flexibility index (Phi) is 6.36. The van der Waals surface area contributed by atoms with Crippen molar-refractivity contribution in [3.05, 3.63) is 71.5 Å². The van der Waals surface area contributed by atoms with Gasteiger partial charge in [-0.2, -0.15) is 0 Å². The van der Waals surface area contributed by atoms with E-state index in [2.05, 4.69) is 20.8 Å². The minimum Gasteiger partial charge on any atom is -0.345 e. The lowest BCUT2D eigenvalue weighted by Crippen LogP contribution is -2.28. The number of nitrogens with one attached hydrogen (secondary N) is 2. The monoisotopic (exact) mass is 435 g/mol. The van der Waals surface area contributed by atoms with Crippen LogP contribution in [0, 0.1) is 0 Å². The molecule has 31 heavy (non-hydrogen) atoms. The van der Waals surface area contributed by atoms with Crippen molar-refractivity contribution in [2.75, 3.05) is 11.1 Å². The fourth-order valence-corrected chi connectivity index (χ4v) is 4.07. The van der Waals surface area contributed by atoms with E-state index in [1.165, 1.54) is 11.8 Å². The van der Waals surface area contributed by atoms with E-state index in [4.69, 9.17) is 0 Å². The van der Waals surface area contributed by atoms with Gasteiger partial charge in [-0.3, -0.25) is 9.59 Å². The average molecular weight is 436 g/mol. The molecule has 0 saturated heterocycles. The number of hydrogen-bond acceptors (Lipinski definition) is 5. The Hall–Kier alpha value is -3.13. The number of nitrogens with zero attached hydrogens (tertiary/aromatic N) is 3. The van der Waals surface area contributed by atoms with Gasteiger partial charge in [0.25, 0.3) is 5.91 Å². The predicted molar refractivity (Wildman–Crippen MR) is 121 cm³/mol. The van der Waals surface area contributed by atoms with E-state index in [1.807, 2.05) is 48.9 Å². The fraction of sp³-hybridized carbons (Fsp3) is 0.304. The molecule has 0 radical (unpaired) electrons. The molecular formula is C23H25N5O2S. The number of carbonyl (C=O) groups excluding carboxylic acids is 2. The highest BCUT2D eigenvalue weighted by atomic mass is 32.2. The van der Waals surface area contributed by atoms with Crippen molar-refractivity contribution in [1.82, 2.24) is 20.1 Å². The lowest BCUT2D eigenvalue weighted by molar-refractivity contribution is -0.113. The highest BCUT2D eigenvalue weighted by Crippen LogP contribution is 2.39. The van der Waals surface area contributed by atoms with Crippen molar-refractivity contribution in [3.63, 3.8) is 0 Å². The van der Waals surface area contributed by atoms with E-state index in [0.29, 0.717) is 17.2 Å². The molecule has 0 aliphatic heterocycles. The molecule has 2 amide bonds. The van der Waals surface area contributed by atoms with Crippen LogP contribution in [0.25, 0.3) is 0 Å². The quantitative estimate of drug-likeness (QED) is 0.524. The predicted octanol–water partition coefficient (Wildman–Crippen LogP) is 3.91. The summed E-state index contributed by atoms with van der Waals surface area (Å²) in [6, 6.07) is 16.6. The molecule has 1 aliphatic rings. The summed E-state index contributed by atoms with van der Waals surface area (Å²) in [6.07, 6.45) is 2.30. The molecule has 1 atom stereocenters. The standard InChI is InChI=1S/C23H25N5O2S/c1-15(16-8-4-3-5-9-16)24-22(30)18-10-6-7-11-19(18)25-20(29)14-31-23-27-26-21(28(23)2)17-12-13-17/h3-11,15,17H,12-14H2,1-2H3,(H,24,30)(H,25,29)/t15-/m0/s1. The molecule has 4 rings (SSSR count). The van der Waals surface area contributed by atoms with E-state index in [1.54, 1.807) is 24.3 Å². The summed E-state index contributed by atoms with van der Waals surface area (Å²) < 4.78 is 1.96. The van der Waals surface area contributed by atoms with Crippen molar-refractivity contribution < 1.29 is 9.59 Å². The van der Waals surface area contributed by atoms with Crippen LogP contribution in [0.3, 0.4) is 0 Å². The van der Waals surface area contributed by atoms with Crippen molar-refractivity contribution in [2.45, 2.75) is 36.9 Å². The SMILES string of the molecule is C[C@H](NC(=O)c1ccccc1NC(=O)CSc1nnc(C2CC2)n1C)c1ccccc1. The summed E-state index contributed by atoms with van der Waals surface area (Å²) in [5.41, 5.74) is 1.93. The van der Waals surface area contributed by atoms with Crippen molar-refractivity contribution in [3.8, 4) is 0 Å². The van der Waals surface area contributed by atoms with Crippen LogP contribution in [0.1, 0.15) is 53.5 Å². The lowest BCUT2D eigenvalue weighted by atomic mass is 10.1. The Morgan fingerprint density at radius 2 is 1.81 bits per heavy atom. The first-order chi connectivity index (χ1) is 15.0. The molecule has 1 aliphatic carbocycles. The minimum atomic E-state index is -0.234. The number of carbonyl (C=O) groups is 2. The maximum absolute atomic E-state index is 12.8. The smallest absolute Gasteiger partial charge is 0.253 e. The van der Waals surface area contributed by atoms with Crippen LogP contribution in [0.4, 0.5) is 5.69 Å². The topological polar surface area (TPSA) is 88.9 Å². The fourth-order valence-electron chi connectivity index (χ4n) is 3.35. The van der Waals surface area contributed by atoms with Crippen LogP contribution in [0.5, 0.6) is 0 Å². The molecule has 2 aromatic carbocycles. The molecule has 160 valence electrons. The Balaban J connectivity index is 1.37. The van der Waals surface area contributed by atoms with Gasteiger partial charge in [-0.1, -0.05) is 54.2 Å². The number of benzene rings is 2. The second-order valence-electron chi connectivity index (χ2n) is 7.66. The van der Waals surface area contributed by atoms with Crippen LogP contribution in [-0.2, 0) is 11.8 Å². The second kappa shape index (κ2) is 9.34. The summed E-state index contributed by atoms with van der Waals surface area (Å²) in [5.74, 6) is 1.24. The third kappa shape index (κ3) is 5.14. The molecule has 2 N–H and O–H groups in total. The maximum atomic E-state index is 12.8. The van der Waals surface area contributed by atoms with E-state index in [0.717, 1.165) is 29.4 Å². The molecule has 3 aromatic rings. The number of anilines is 1. The molecule has 7 nitrogen and oxygen atoms in total. The molecule has 1 aromatic heterocycles. The van der Waals surface area contributed by atoms with Gasteiger partial charge >= 0.3 is 0 Å². The van der Waals surface area contributed by atoms with Gasteiger partial charge in [-0.05, 0) is 37.5 Å². The second-order valence-corrected chi connectivity index (χ2v) is 8.60. The van der Waals surface area contributed by atoms with Gasteiger partial charge < -0.3 is 15.2 Å². The van der Waals surface area contributed by atoms with Crippen molar-refractivity contribution >= 4 is 29.3 Å². The number of hydrogen-bond donors (Lipinski definition) is 2. The van der Waals surface area contributed by atoms with Gasteiger partial charge in [-0.15, -0.1) is 10.2 Å². The van der Waals surface area contributed by atoms with Gasteiger partial charge in [0.1, 0.15) is 5.82 Å². The van der Waals surface area contributed by atoms with Crippen LogP contribution >= 0.6 is 11.8 Å². The third-order valence-electron chi connectivity index (χ3n) is 5.24. The first-order valence-electron chi connectivity index (χ1n) is 10.3. The van der Waals surface area contributed by atoms with Gasteiger partial charge in [0.05, 0.1) is 23.0 Å². The summed E-state index contributed by atoms with van der Waals surface area (Å²) in [4.78, 5) is 25.4. The van der Waals surface area contributed by atoms with Gasteiger partial charge in [-0.25, -0.2) is 0 Å². The number of amides is 2. The molecule has 0 unspecified atom stereocenters. The molecule has 1 saturated carbocycles. The zero-order chi connectivity index (χ0) is 21.8. The number of aromatic nitrogens is 3. The lowest BCUT2D eigenvalue weighted by Gasteiger charge is -2.16. The molecule has 1 heterocycles. The van der Waals surface area contributed by atoms with E-state index < -0.39 is 0 Å². The molecule has 0 bridgehead atoms. The summed E-state index contributed by atoms with van der Waals surface area (Å²) in [7, 11) is 1.93. The Labute approximate surface area is 185 Å². The molecule has 0 spiro atoms. The zero-order valence-electron chi connectivity index (χ0n) is 17.5. The van der Waals surface area contributed by atoms with Crippen molar-refractivity contribution in [2.24, 2.45) is 7.05 Å². The number of para-hydroxylation sites is 1. The first kappa shape index (κ1) is 21.1. The highest BCUT2D eigenvalue weighted by Gasteiger charge is 2.29. The molecular weight excluding hydrogens is 410 g/mol. The zero-order valence-corrected chi connectivity index (χ0v) is 18.4. The highest BCUT2D eigenvalue weighted by molar-refractivity contribution is 7.99. The van der Waals surface area contributed by atoms with Crippen LogP contribution < -0.4 is 10.6 Å². The normalized spacial score (nSPS) is 14.1. The Morgan fingerprint density at radius 1 is 1.10 bits per heavy atom. The summed E-state index contributed by atoms with van der Waals surface area (Å²) in [6.45, 7) is 1.93. The van der Waals surface area contributed by atoms with Gasteiger partial charge in [0, 0.05) is 13.0 Å².